The summed E-state index contributed by atoms with van der Waals surface area (Å²) in [6.45, 7) is 0. The Hall–Kier alpha value is -1.34. The van der Waals surface area contributed by atoms with E-state index in [0.29, 0.717) is 0 Å². The number of nitrogen functional groups attached to an aromatic ring is 1. The minimum Gasteiger partial charge on any atom is -0.396 e. The van der Waals surface area contributed by atoms with E-state index in [2.05, 4.69) is 9.44 Å². The van der Waals surface area contributed by atoms with Crippen molar-refractivity contribution in [3.05, 3.63) is 24.0 Å². The Morgan fingerprint density at radius 2 is 2.06 bits per heavy atom. The molecule has 0 bridgehead atoms. The lowest BCUT2D eigenvalue weighted by Gasteiger charge is -2.08. The summed E-state index contributed by atoms with van der Waals surface area (Å²) in [5, 5.41) is 0. The second-order valence-electron chi connectivity index (χ2n) is 3.73. The maximum atomic E-state index is 13.0. The number of halogens is 1. The summed E-state index contributed by atoms with van der Waals surface area (Å²) in [6, 6.07) is 3.77. The third-order valence-corrected chi connectivity index (χ3v) is 3.30. The number of hydrogen-bond acceptors (Lipinski definition) is 3. The number of nitrogens with one attached hydrogen (secondary N) is 2. The van der Waals surface area contributed by atoms with E-state index in [1.54, 1.807) is 0 Å². The van der Waals surface area contributed by atoms with Crippen LogP contribution in [0.5, 0.6) is 0 Å². The molecular weight excluding hydrogens is 233 g/mol. The zero-order valence-corrected chi connectivity index (χ0v) is 9.22. The molecule has 0 heterocycles. The van der Waals surface area contributed by atoms with E-state index in [-0.39, 0.29) is 17.4 Å². The summed E-state index contributed by atoms with van der Waals surface area (Å²) in [5.74, 6) is -0.647. The lowest BCUT2D eigenvalue weighted by molar-refractivity contribution is 0.586. The number of nitrogens with two attached hydrogens (primary N) is 1. The predicted octanol–water partition coefficient (Wildman–Crippen LogP) is 0.817. The first-order chi connectivity index (χ1) is 7.46. The highest BCUT2D eigenvalue weighted by atomic mass is 32.2. The van der Waals surface area contributed by atoms with Gasteiger partial charge < -0.3 is 5.73 Å². The summed E-state index contributed by atoms with van der Waals surface area (Å²) >= 11 is 0. The minimum absolute atomic E-state index is 0.0103. The van der Waals surface area contributed by atoms with Crippen molar-refractivity contribution in [1.82, 2.24) is 4.72 Å². The van der Waals surface area contributed by atoms with Gasteiger partial charge in [-0.2, -0.15) is 13.1 Å². The molecule has 0 saturated heterocycles. The summed E-state index contributed by atoms with van der Waals surface area (Å²) in [4.78, 5) is 0. The zero-order chi connectivity index (χ0) is 11.8. The van der Waals surface area contributed by atoms with Crippen molar-refractivity contribution in [2.75, 3.05) is 10.5 Å². The first-order valence-electron chi connectivity index (χ1n) is 4.81. The molecule has 0 radical (unpaired) electrons. The van der Waals surface area contributed by atoms with Crippen molar-refractivity contribution in [2.45, 2.75) is 18.9 Å². The van der Waals surface area contributed by atoms with Crippen molar-refractivity contribution >= 4 is 21.6 Å². The Labute approximate surface area is 93.0 Å². The van der Waals surface area contributed by atoms with E-state index in [9.17, 15) is 12.8 Å². The van der Waals surface area contributed by atoms with Crippen LogP contribution in [0.1, 0.15) is 12.8 Å². The largest absolute Gasteiger partial charge is 0.396 e. The molecule has 7 heteroatoms. The predicted molar refractivity (Wildman–Crippen MR) is 59.5 cm³/mol. The van der Waals surface area contributed by atoms with Crippen molar-refractivity contribution < 1.29 is 12.8 Å². The molecule has 88 valence electrons. The smallest absolute Gasteiger partial charge is 0.299 e. The van der Waals surface area contributed by atoms with E-state index >= 15 is 0 Å². The summed E-state index contributed by atoms with van der Waals surface area (Å²) in [7, 11) is -3.61. The molecule has 16 heavy (non-hydrogen) atoms. The average molecular weight is 245 g/mol. The first-order valence-corrected chi connectivity index (χ1v) is 6.30. The molecule has 0 unspecified atom stereocenters. The van der Waals surface area contributed by atoms with Crippen LogP contribution in [0.15, 0.2) is 18.2 Å². The van der Waals surface area contributed by atoms with Gasteiger partial charge in [-0.1, -0.05) is 0 Å². The highest BCUT2D eigenvalue weighted by molar-refractivity contribution is 7.90. The van der Waals surface area contributed by atoms with Crippen LogP contribution < -0.4 is 15.2 Å². The molecule has 1 aliphatic carbocycles. The molecule has 0 spiro atoms. The Kier molecular flexibility index (Phi) is 2.73. The van der Waals surface area contributed by atoms with E-state index in [0.717, 1.165) is 18.9 Å². The Balaban J connectivity index is 2.10. The van der Waals surface area contributed by atoms with Crippen LogP contribution in [-0.2, 0) is 10.2 Å². The van der Waals surface area contributed by atoms with E-state index < -0.39 is 16.0 Å². The third kappa shape index (κ3) is 2.83. The van der Waals surface area contributed by atoms with Gasteiger partial charge in [0.2, 0.25) is 0 Å². The van der Waals surface area contributed by atoms with Crippen LogP contribution in [0.3, 0.4) is 0 Å². The van der Waals surface area contributed by atoms with E-state index in [1.165, 1.54) is 12.1 Å². The van der Waals surface area contributed by atoms with Crippen molar-refractivity contribution in [1.29, 1.82) is 0 Å². The molecule has 0 aliphatic heterocycles. The Morgan fingerprint density at radius 3 is 2.62 bits per heavy atom. The molecule has 1 fully saturated rings. The summed E-state index contributed by atoms with van der Waals surface area (Å²) in [6.07, 6.45) is 1.69. The lowest BCUT2D eigenvalue weighted by atomic mass is 10.3. The highest BCUT2D eigenvalue weighted by Crippen LogP contribution is 2.21. The molecular formula is C9H12FN3O2S. The second-order valence-corrected chi connectivity index (χ2v) is 5.18. The molecule has 0 atom stereocenters. The van der Waals surface area contributed by atoms with Crippen LogP contribution >= 0.6 is 0 Å². The standard InChI is InChI=1S/C9H12FN3O2S/c10-8-5-7(3-4-9(8)11)13-16(14,15)12-6-1-2-6/h3-6,12-13H,1-2,11H2. The summed E-state index contributed by atoms with van der Waals surface area (Å²) in [5.41, 5.74) is 5.41. The first kappa shape index (κ1) is 11.2. The number of anilines is 2. The third-order valence-electron chi connectivity index (χ3n) is 2.15. The number of hydrogen-bond donors (Lipinski definition) is 3. The van der Waals surface area contributed by atoms with Gasteiger partial charge in [0.15, 0.2) is 0 Å². The Bertz CT molecular complexity index is 499. The SMILES string of the molecule is Nc1ccc(NS(=O)(=O)NC2CC2)cc1F. The van der Waals surface area contributed by atoms with Gasteiger partial charge in [0.25, 0.3) is 10.2 Å². The fourth-order valence-electron chi connectivity index (χ4n) is 1.20. The van der Waals surface area contributed by atoms with Crippen molar-refractivity contribution in [3.63, 3.8) is 0 Å². The average Bonchev–Trinajstić information content (AvgIpc) is 2.94. The zero-order valence-electron chi connectivity index (χ0n) is 8.40. The molecule has 0 amide bonds. The van der Waals surface area contributed by atoms with Gasteiger partial charge in [-0.25, -0.2) is 4.39 Å². The molecule has 1 aromatic rings. The van der Waals surface area contributed by atoms with Crippen molar-refractivity contribution in [2.24, 2.45) is 0 Å². The van der Waals surface area contributed by atoms with Crippen LogP contribution in [0.2, 0.25) is 0 Å². The molecule has 4 N–H and O–H groups in total. The van der Waals surface area contributed by atoms with E-state index in [1.807, 2.05) is 0 Å². The Morgan fingerprint density at radius 1 is 1.38 bits per heavy atom. The van der Waals surface area contributed by atoms with Gasteiger partial charge in [0.05, 0.1) is 11.4 Å². The number of rotatable bonds is 4. The van der Waals surface area contributed by atoms with Gasteiger partial charge in [0, 0.05) is 12.1 Å². The monoisotopic (exact) mass is 245 g/mol. The molecule has 2 rings (SSSR count). The maximum Gasteiger partial charge on any atom is 0.299 e. The van der Waals surface area contributed by atoms with Gasteiger partial charge in [-0.15, -0.1) is 0 Å². The topological polar surface area (TPSA) is 84.2 Å². The maximum absolute atomic E-state index is 13.0. The minimum atomic E-state index is -3.61. The van der Waals surface area contributed by atoms with Gasteiger partial charge in [-0.3, -0.25) is 4.72 Å². The lowest BCUT2D eigenvalue weighted by Crippen LogP contribution is -2.31. The summed E-state index contributed by atoms with van der Waals surface area (Å²) < 4.78 is 40.6. The fraction of sp³-hybridized carbons (Fsp3) is 0.333. The van der Waals surface area contributed by atoms with Crippen molar-refractivity contribution in [3.8, 4) is 0 Å². The second kappa shape index (κ2) is 3.91. The normalized spacial score (nSPS) is 16.1. The van der Waals surface area contributed by atoms with Crippen LogP contribution in [0.4, 0.5) is 15.8 Å². The molecule has 5 nitrogen and oxygen atoms in total. The molecule has 0 aromatic heterocycles. The van der Waals surface area contributed by atoms with Crippen LogP contribution in [-0.4, -0.2) is 14.5 Å². The fourth-order valence-corrected chi connectivity index (χ4v) is 2.37. The highest BCUT2D eigenvalue weighted by Gasteiger charge is 2.26. The number of benzene rings is 1. The van der Waals surface area contributed by atoms with Gasteiger partial charge in [0.1, 0.15) is 5.82 Å². The quantitative estimate of drug-likeness (QED) is 0.686. The van der Waals surface area contributed by atoms with Gasteiger partial charge >= 0.3 is 0 Å². The van der Waals surface area contributed by atoms with Crippen LogP contribution in [0.25, 0.3) is 0 Å². The van der Waals surface area contributed by atoms with E-state index in [4.69, 9.17) is 5.73 Å². The molecule has 1 aromatic carbocycles. The molecule has 1 saturated carbocycles. The molecule has 1 aliphatic rings. The van der Waals surface area contributed by atoms with Crippen LogP contribution in [0, 0.1) is 5.82 Å². The van der Waals surface area contributed by atoms with Gasteiger partial charge in [-0.05, 0) is 25.0 Å².